The summed E-state index contributed by atoms with van der Waals surface area (Å²) < 4.78 is 66.5. The molecule has 0 saturated carbocycles. The fraction of sp³-hybridized carbons (Fsp3) is 0.192. The van der Waals surface area contributed by atoms with E-state index in [9.17, 15) is 17.2 Å². The minimum absolute atomic E-state index is 0.0250. The molecule has 0 saturated heterocycles. The van der Waals surface area contributed by atoms with Crippen LogP contribution in [0.3, 0.4) is 0 Å². The van der Waals surface area contributed by atoms with Crippen molar-refractivity contribution in [2.45, 2.75) is 13.0 Å². The zero-order valence-corrected chi connectivity index (χ0v) is 23.6. The van der Waals surface area contributed by atoms with Gasteiger partial charge in [0.15, 0.2) is 12.3 Å². The van der Waals surface area contributed by atoms with Crippen molar-refractivity contribution in [3.05, 3.63) is 82.6 Å². The number of nitrogens with zero attached hydrogens (tertiary/aromatic N) is 2. The van der Waals surface area contributed by atoms with E-state index in [2.05, 4.69) is 0 Å². The van der Waals surface area contributed by atoms with Crippen LogP contribution in [0.25, 0.3) is 27.4 Å². The number of aryl methyl sites for hydroxylation is 1. The Bertz CT molecular complexity index is 1670. The van der Waals surface area contributed by atoms with Gasteiger partial charge in [0.1, 0.15) is 4.70 Å². The molecule has 39 heavy (non-hydrogen) atoms. The van der Waals surface area contributed by atoms with Crippen LogP contribution in [0.5, 0.6) is 5.75 Å². The van der Waals surface area contributed by atoms with Gasteiger partial charge in [0.05, 0.1) is 24.1 Å². The average molecular weight is 608 g/mol. The summed E-state index contributed by atoms with van der Waals surface area (Å²) in [6, 6.07) is 21.0. The lowest BCUT2D eigenvalue weighted by Gasteiger charge is -2.17. The number of anilines is 1. The molecule has 1 unspecified atom stereocenters. The van der Waals surface area contributed by atoms with E-state index in [0.29, 0.717) is 35.3 Å². The fourth-order valence-electron chi connectivity index (χ4n) is 4.33. The van der Waals surface area contributed by atoms with Crippen LogP contribution in [0.4, 0.5) is 5.69 Å². The molecule has 0 aliphatic carbocycles. The Labute approximate surface area is 237 Å². The van der Waals surface area contributed by atoms with Gasteiger partial charge in [-0.25, -0.2) is 0 Å². The van der Waals surface area contributed by atoms with Crippen molar-refractivity contribution in [1.82, 2.24) is 0 Å². The Morgan fingerprint density at radius 2 is 1.90 bits per heavy atom. The Morgan fingerprint density at radius 3 is 2.64 bits per heavy atom. The van der Waals surface area contributed by atoms with Crippen molar-refractivity contribution in [2.75, 3.05) is 23.8 Å². The molecule has 0 bridgehead atoms. The highest BCUT2D eigenvalue weighted by Crippen LogP contribution is 2.42. The number of aromatic nitrogens is 1. The largest absolute Gasteiger partial charge is 0.438 e. The van der Waals surface area contributed by atoms with Crippen LogP contribution in [0.1, 0.15) is 11.4 Å². The van der Waals surface area contributed by atoms with Crippen molar-refractivity contribution in [2.24, 2.45) is 0 Å². The van der Waals surface area contributed by atoms with Gasteiger partial charge in [-0.2, -0.15) is 17.2 Å². The molecule has 0 radical (unpaired) electrons. The molecule has 5 rings (SSSR count). The zero-order valence-electron chi connectivity index (χ0n) is 20.4. The molecule has 1 aliphatic rings. The van der Waals surface area contributed by atoms with Gasteiger partial charge < -0.3 is 9.64 Å². The summed E-state index contributed by atoms with van der Waals surface area (Å²) in [5.41, 5.74) is 3.48. The number of ether oxygens (including phenoxy) is 1. The van der Waals surface area contributed by atoms with Gasteiger partial charge in [-0.1, -0.05) is 59.3 Å². The molecule has 3 aromatic carbocycles. The topological polar surface area (TPSA) is 117 Å². The number of halogens is 1. The van der Waals surface area contributed by atoms with E-state index in [4.69, 9.17) is 25.1 Å². The molecule has 204 valence electrons. The van der Waals surface area contributed by atoms with Crippen molar-refractivity contribution < 1.29 is 35.2 Å². The van der Waals surface area contributed by atoms with Crippen molar-refractivity contribution in [3.8, 4) is 16.9 Å². The van der Waals surface area contributed by atoms with E-state index in [0.717, 1.165) is 26.4 Å². The third kappa shape index (κ3) is 6.67. The first-order valence-electron chi connectivity index (χ1n) is 11.9. The smallest absolute Gasteiger partial charge is 0.301 e. The molecule has 1 aliphatic heterocycles. The maximum atomic E-state index is 11.7. The third-order valence-electron chi connectivity index (χ3n) is 6.06. The van der Waals surface area contributed by atoms with E-state index >= 15 is 0 Å². The maximum absolute atomic E-state index is 11.7. The monoisotopic (exact) mass is 607 g/mol. The molecule has 0 fully saturated rings. The Hall–Kier alpha value is -2.84. The summed E-state index contributed by atoms with van der Waals surface area (Å²) in [6.07, 6.45) is 2.27. The van der Waals surface area contributed by atoms with Crippen molar-refractivity contribution in [3.63, 3.8) is 0 Å². The molecule has 2 heterocycles. The van der Waals surface area contributed by atoms with E-state index in [1.54, 1.807) is 11.0 Å². The fourth-order valence-corrected chi connectivity index (χ4v) is 6.26. The molecular formula is C26H24ClN2O7S3+. The quantitative estimate of drug-likeness (QED) is 0.110. The standard InChI is InChI=1S/C26H23ClN2O7S3/c27-20-8-10-24-22(16-20)29(11-4-13-35-38(30)31)26(37-24)17-25-28(12-14-39(32,33)34)21-15-19(7-9-23(21)36-25)18-5-2-1-3-6-18/h1-3,5-10,15-17H,4,11-14H2,(H-,30,31,32,33,34)/p+1. The highest BCUT2D eigenvalue weighted by atomic mass is 35.5. The van der Waals surface area contributed by atoms with Gasteiger partial charge in [0, 0.05) is 24.1 Å². The number of thiazole rings is 1. The van der Waals surface area contributed by atoms with Gasteiger partial charge >= 0.3 is 11.4 Å². The zero-order chi connectivity index (χ0) is 27.6. The molecular weight excluding hydrogens is 584 g/mol. The summed E-state index contributed by atoms with van der Waals surface area (Å²) in [5, 5.41) is 1.36. The second kappa shape index (κ2) is 11.7. The van der Waals surface area contributed by atoms with Crippen LogP contribution >= 0.6 is 22.9 Å². The highest BCUT2D eigenvalue weighted by molar-refractivity contribution is 7.85. The Balaban J connectivity index is 1.55. The first-order valence-corrected chi connectivity index (χ1v) is 15.7. The van der Waals surface area contributed by atoms with Crippen LogP contribution in [-0.4, -0.2) is 40.6 Å². The van der Waals surface area contributed by atoms with Crippen molar-refractivity contribution in [1.29, 1.82) is 0 Å². The highest BCUT2D eigenvalue weighted by Gasteiger charge is 2.30. The summed E-state index contributed by atoms with van der Waals surface area (Å²) in [6.45, 7) is 0.518. The third-order valence-corrected chi connectivity index (χ3v) is 8.47. The number of hydrogen-bond acceptors (Lipinski definition) is 7. The SMILES string of the molecule is O=S(O)OCCC[n+]1c(C=C2Oc3ccc(-c4ccccc4)cc3N2CCS(=O)(=O)O)sc2ccc(Cl)cc21. The Morgan fingerprint density at radius 1 is 1.10 bits per heavy atom. The number of fused-ring (bicyclic) bond motifs is 2. The summed E-state index contributed by atoms with van der Waals surface area (Å²) in [4.78, 5) is 1.73. The maximum Gasteiger partial charge on any atom is 0.301 e. The normalized spacial score (nSPS) is 15.1. The average Bonchev–Trinajstić information content (AvgIpc) is 3.41. The van der Waals surface area contributed by atoms with Gasteiger partial charge in [-0.15, -0.1) is 0 Å². The number of rotatable bonds is 10. The molecule has 2 N–H and O–H groups in total. The molecule has 1 atom stereocenters. The van der Waals surface area contributed by atoms with Crippen molar-refractivity contribution >= 4 is 66.4 Å². The molecule has 9 nitrogen and oxygen atoms in total. The van der Waals surface area contributed by atoms with Gasteiger partial charge in [0.25, 0.3) is 15.1 Å². The molecule has 1 aromatic heterocycles. The minimum Gasteiger partial charge on any atom is -0.438 e. The molecule has 13 heteroatoms. The van der Waals surface area contributed by atoms with E-state index in [1.165, 1.54) is 11.3 Å². The second-order valence-corrected chi connectivity index (χ2v) is 12.4. The van der Waals surface area contributed by atoms with Crippen LogP contribution in [0.2, 0.25) is 5.02 Å². The lowest BCUT2D eigenvalue weighted by Crippen LogP contribution is -2.36. The molecule has 4 aromatic rings. The predicted octanol–water partition coefficient (Wildman–Crippen LogP) is 5.14. The van der Waals surface area contributed by atoms with Gasteiger partial charge in [-0.05, 0) is 35.4 Å². The number of benzene rings is 3. The van der Waals surface area contributed by atoms with Gasteiger partial charge in [0.2, 0.25) is 11.4 Å². The lowest BCUT2D eigenvalue weighted by molar-refractivity contribution is -0.669. The Kier molecular flexibility index (Phi) is 8.33. The molecule has 0 amide bonds. The number of hydrogen-bond donors (Lipinski definition) is 2. The van der Waals surface area contributed by atoms with Crippen LogP contribution in [-0.2, 0) is 32.2 Å². The van der Waals surface area contributed by atoms with Crippen LogP contribution < -0.4 is 14.2 Å². The van der Waals surface area contributed by atoms with Crippen LogP contribution in [0, 0.1) is 0 Å². The summed E-state index contributed by atoms with van der Waals surface area (Å²) in [5.74, 6) is 0.476. The van der Waals surface area contributed by atoms with E-state index in [-0.39, 0.29) is 13.2 Å². The van der Waals surface area contributed by atoms with E-state index in [1.807, 2.05) is 71.3 Å². The van der Waals surface area contributed by atoms with Crippen LogP contribution in [0.15, 0.2) is 72.6 Å². The van der Waals surface area contributed by atoms with E-state index < -0.39 is 27.2 Å². The first kappa shape index (κ1) is 27.7. The second-order valence-electron chi connectivity index (χ2n) is 8.67. The van der Waals surface area contributed by atoms with Gasteiger partial charge in [-0.3, -0.25) is 13.3 Å². The lowest BCUT2D eigenvalue weighted by atomic mass is 10.0. The molecule has 0 spiro atoms. The summed E-state index contributed by atoms with van der Waals surface area (Å²) >= 11 is 5.42. The first-order chi connectivity index (χ1) is 18.7. The minimum atomic E-state index is -4.23. The predicted molar refractivity (Wildman–Crippen MR) is 153 cm³/mol. The summed E-state index contributed by atoms with van der Waals surface area (Å²) in [7, 11) is -4.23.